The summed E-state index contributed by atoms with van der Waals surface area (Å²) in [4.78, 5) is 23.3. The number of ether oxygens (including phenoxy) is 1. The molecule has 1 heterocycles. The van der Waals surface area contributed by atoms with E-state index in [9.17, 15) is 9.59 Å². The Hall–Kier alpha value is -2.21. The molecule has 0 aliphatic carbocycles. The third-order valence-electron chi connectivity index (χ3n) is 2.86. The molecule has 1 aromatic heterocycles. The summed E-state index contributed by atoms with van der Waals surface area (Å²) >= 11 is 1.34. The van der Waals surface area contributed by atoms with Crippen LogP contribution in [-0.4, -0.2) is 24.2 Å². The predicted octanol–water partition coefficient (Wildman–Crippen LogP) is 3.37. The molecule has 0 radical (unpaired) electrons. The maximum Gasteiger partial charge on any atom is 0.341 e. The van der Waals surface area contributed by atoms with Crippen LogP contribution in [0.2, 0.25) is 0 Å². The number of thioether (sulfide) groups is 1. The van der Waals surface area contributed by atoms with Gasteiger partial charge in [0, 0.05) is 4.90 Å². The number of hydrogen-bond acceptors (Lipinski definition) is 5. The standard InChI is InChI=1S/C15H14O5S/c1-9-12(15(18)19-2)7-10(20-9)8-21-13-6-4-3-5-11(13)14(16)17/h3-7H,8H2,1-2H3,(H,16,17). The summed E-state index contributed by atoms with van der Waals surface area (Å²) < 4.78 is 10.2. The van der Waals surface area contributed by atoms with Gasteiger partial charge in [0.15, 0.2) is 0 Å². The number of carboxylic acid groups (broad SMARTS) is 1. The minimum Gasteiger partial charge on any atom is -0.478 e. The van der Waals surface area contributed by atoms with Crippen LogP contribution in [0.4, 0.5) is 0 Å². The van der Waals surface area contributed by atoms with Crippen LogP contribution in [0.5, 0.6) is 0 Å². The van der Waals surface area contributed by atoms with E-state index in [-0.39, 0.29) is 5.56 Å². The molecule has 0 atom stereocenters. The first kappa shape index (κ1) is 15.2. The minimum atomic E-state index is -0.969. The smallest absolute Gasteiger partial charge is 0.341 e. The molecule has 0 bridgehead atoms. The van der Waals surface area contributed by atoms with Gasteiger partial charge in [-0.15, -0.1) is 11.8 Å². The zero-order chi connectivity index (χ0) is 15.4. The lowest BCUT2D eigenvalue weighted by Gasteiger charge is -2.03. The number of aromatic carboxylic acids is 1. The number of furan rings is 1. The van der Waals surface area contributed by atoms with Gasteiger partial charge in [-0.2, -0.15) is 0 Å². The van der Waals surface area contributed by atoms with Crippen LogP contribution in [0.15, 0.2) is 39.6 Å². The third kappa shape index (κ3) is 3.46. The van der Waals surface area contributed by atoms with Crippen molar-refractivity contribution in [2.75, 3.05) is 7.11 Å². The van der Waals surface area contributed by atoms with Gasteiger partial charge in [-0.3, -0.25) is 0 Å². The number of hydrogen-bond donors (Lipinski definition) is 1. The zero-order valence-corrected chi connectivity index (χ0v) is 12.4. The monoisotopic (exact) mass is 306 g/mol. The SMILES string of the molecule is COC(=O)c1cc(CSc2ccccc2C(=O)O)oc1C. The number of esters is 1. The normalized spacial score (nSPS) is 10.4. The van der Waals surface area contributed by atoms with Crippen molar-refractivity contribution >= 4 is 23.7 Å². The summed E-state index contributed by atoms with van der Waals surface area (Å²) in [6.45, 7) is 1.69. The molecule has 1 aromatic carbocycles. The van der Waals surface area contributed by atoms with Crippen LogP contribution in [0.25, 0.3) is 0 Å². The lowest BCUT2D eigenvalue weighted by atomic mass is 10.2. The minimum absolute atomic E-state index is 0.249. The van der Waals surface area contributed by atoms with E-state index in [2.05, 4.69) is 4.74 Å². The Morgan fingerprint density at radius 1 is 1.29 bits per heavy atom. The topological polar surface area (TPSA) is 76.7 Å². The highest BCUT2D eigenvalue weighted by molar-refractivity contribution is 7.98. The molecule has 21 heavy (non-hydrogen) atoms. The van der Waals surface area contributed by atoms with Crippen LogP contribution < -0.4 is 0 Å². The molecule has 1 N–H and O–H groups in total. The third-order valence-corrected chi connectivity index (χ3v) is 3.96. The molecule has 0 saturated carbocycles. The van der Waals surface area contributed by atoms with E-state index in [1.54, 1.807) is 37.3 Å². The largest absolute Gasteiger partial charge is 0.478 e. The van der Waals surface area contributed by atoms with Crippen molar-refractivity contribution in [3.8, 4) is 0 Å². The summed E-state index contributed by atoms with van der Waals surface area (Å²) in [6.07, 6.45) is 0. The molecule has 2 aromatic rings. The van der Waals surface area contributed by atoms with Crippen LogP contribution in [0, 0.1) is 6.92 Å². The Kier molecular flexibility index (Phi) is 4.70. The van der Waals surface area contributed by atoms with Gasteiger partial charge < -0.3 is 14.3 Å². The first-order valence-electron chi connectivity index (χ1n) is 6.15. The number of carbonyl (C=O) groups is 2. The fourth-order valence-corrected chi connectivity index (χ4v) is 2.77. The van der Waals surface area contributed by atoms with E-state index in [0.717, 1.165) is 0 Å². The molecular formula is C15H14O5S. The lowest BCUT2D eigenvalue weighted by molar-refractivity contribution is 0.0597. The number of carboxylic acids is 1. The van der Waals surface area contributed by atoms with Gasteiger partial charge in [-0.1, -0.05) is 12.1 Å². The zero-order valence-electron chi connectivity index (χ0n) is 11.6. The Morgan fingerprint density at radius 3 is 2.67 bits per heavy atom. The van der Waals surface area contributed by atoms with E-state index < -0.39 is 11.9 Å². The molecule has 0 amide bonds. The van der Waals surface area contributed by atoms with Crippen molar-refractivity contribution in [1.29, 1.82) is 0 Å². The second kappa shape index (κ2) is 6.49. The summed E-state index contributed by atoms with van der Waals surface area (Å²) in [5.74, 6) is 0.103. The average molecular weight is 306 g/mol. The highest BCUT2D eigenvalue weighted by Crippen LogP contribution is 2.28. The van der Waals surface area contributed by atoms with Gasteiger partial charge in [0.2, 0.25) is 0 Å². The van der Waals surface area contributed by atoms with Gasteiger partial charge in [0.05, 0.1) is 18.4 Å². The first-order chi connectivity index (χ1) is 10.0. The summed E-state index contributed by atoms with van der Waals surface area (Å²) in [5, 5.41) is 9.12. The number of carbonyl (C=O) groups excluding carboxylic acids is 1. The Balaban J connectivity index is 2.14. The molecule has 0 spiro atoms. The molecule has 0 saturated heterocycles. The van der Waals surface area contributed by atoms with E-state index in [1.807, 2.05) is 0 Å². The number of benzene rings is 1. The molecule has 0 unspecified atom stereocenters. The molecule has 5 nitrogen and oxygen atoms in total. The van der Waals surface area contributed by atoms with Crippen molar-refractivity contribution in [3.05, 3.63) is 53.0 Å². The average Bonchev–Trinajstić information content (AvgIpc) is 2.85. The fourth-order valence-electron chi connectivity index (χ4n) is 1.85. The summed E-state index contributed by atoms with van der Waals surface area (Å²) in [7, 11) is 1.31. The molecule has 0 fully saturated rings. The summed E-state index contributed by atoms with van der Waals surface area (Å²) in [5.41, 5.74) is 0.638. The van der Waals surface area contributed by atoms with E-state index in [4.69, 9.17) is 9.52 Å². The predicted molar refractivity (Wildman–Crippen MR) is 77.7 cm³/mol. The van der Waals surface area contributed by atoms with Crippen molar-refractivity contribution in [2.24, 2.45) is 0 Å². The van der Waals surface area contributed by atoms with E-state index >= 15 is 0 Å². The Bertz CT molecular complexity index is 674. The molecule has 6 heteroatoms. The van der Waals surface area contributed by atoms with Crippen LogP contribution in [-0.2, 0) is 10.5 Å². The second-order valence-electron chi connectivity index (χ2n) is 4.26. The van der Waals surface area contributed by atoms with Gasteiger partial charge in [0.25, 0.3) is 0 Å². The van der Waals surface area contributed by atoms with Crippen molar-refractivity contribution < 1.29 is 23.8 Å². The van der Waals surface area contributed by atoms with Crippen molar-refractivity contribution in [1.82, 2.24) is 0 Å². The molecule has 0 aliphatic rings. The van der Waals surface area contributed by atoms with Crippen LogP contribution in [0.3, 0.4) is 0 Å². The van der Waals surface area contributed by atoms with E-state index in [0.29, 0.717) is 27.7 Å². The van der Waals surface area contributed by atoms with Crippen LogP contribution >= 0.6 is 11.8 Å². The van der Waals surface area contributed by atoms with E-state index in [1.165, 1.54) is 18.9 Å². The summed E-state index contributed by atoms with van der Waals surface area (Å²) in [6, 6.07) is 8.38. The highest BCUT2D eigenvalue weighted by atomic mass is 32.2. The number of rotatable bonds is 5. The quantitative estimate of drug-likeness (QED) is 0.674. The van der Waals surface area contributed by atoms with Gasteiger partial charge in [-0.05, 0) is 25.1 Å². The fraction of sp³-hybridized carbons (Fsp3) is 0.200. The second-order valence-corrected chi connectivity index (χ2v) is 5.28. The van der Waals surface area contributed by atoms with Gasteiger partial charge in [-0.25, -0.2) is 9.59 Å². The Morgan fingerprint density at radius 2 is 2.00 bits per heavy atom. The van der Waals surface area contributed by atoms with Crippen molar-refractivity contribution in [3.63, 3.8) is 0 Å². The van der Waals surface area contributed by atoms with Gasteiger partial charge in [0.1, 0.15) is 17.1 Å². The Labute approximate surface area is 125 Å². The van der Waals surface area contributed by atoms with Crippen molar-refractivity contribution in [2.45, 2.75) is 17.6 Å². The molecule has 110 valence electrons. The highest BCUT2D eigenvalue weighted by Gasteiger charge is 2.16. The maximum atomic E-state index is 11.5. The van der Waals surface area contributed by atoms with Gasteiger partial charge >= 0.3 is 11.9 Å². The first-order valence-corrected chi connectivity index (χ1v) is 7.14. The van der Waals surface area contributed by atoms with Crippen LogP contribution in [0.1, 0.15) is 32.2 Å². The maximum absolute atomic E-state index is 11.5. The lowest BCUT2D eigenvalue weighted by Crippen LogP contribution is -2.00. The molecule has 2 rings (SSSR count). The number of aryl methyl sites for hydroxylation is 1. The molecular weight excluding hydrogens is 292 g/mol. The number of methoxy groups -OCH3 is 1. The molecule has 0 aliphatic heterocycles.